The first kappa shape index (κ1) is 16.9. The van der Waals surface area contributed by atoms with E-state index in [-0.39, 0.29) is 5.91 Å². The number of aromatic nitrogens is 2. The molecule has 0 aromatic carbocycles. The Morgan fingerprint density at radius 3 is 3.17 bits per heavy atom. The lowest BCUT2D eigenvalue weighted by molar-refractivity contribution is -0.121. The van der Waals surface area contributed by atoms with Crippen LogP contribution >= 0.6 is 0 Å². The fourth-order valence-corrected chi connectivity index (χ4v) is 3.48. The summed E-state index contributed by atoms with van der Waals surface area (Å²) in [6, 6.07) is 4.53. The number of piperidine rings is 1. The number of imidazole rings is 1. The van der Waals surface area contributed by atoms with Crippen LogP contribution in [0.4, 0.5) is 0 Å². The maximum absolute atomic E-state index is 11.7. The first-order chi connectivity index (χ1) is 11.7. The number of likely N-dealkylation sites (tertiary alicyclic amines) is 1. The molecule has 24 heavy (non-hydrogen) atoms. The predicted molar refractivity (Wildman–Crippen MR) is 94.7 cm³/mol. The lowest BCUT2D eigenvalue weighted by Crippen LogP contribution is -2.46. The van der Waals surface area contributed by atoms with Crippen molar-refractivity contribution in [1.29, 1.82) is 0 Å². The van der Waals surface area contributed by atoms with E-state index >= 15 is 0 Å². The first-order valence-corrected chi connectivity index (χ1v) is 8.81. The van der Waals surface area contributed by atoms with Crippen LogP contribution in [0.5, 0.6) is 0 Å². The maximum Gasteiger partial charge on any atom is 0.221 e. The zero-order valence-electron chi connectivity index (χ0n) is 14.4. The standard InChI is InChI=1S/C18H27N5O/c1-14-5-4-10-23-16(12-21-18(14)23)13-22-9-3-2-6-15(22)11-20-17(24)7-8-19/h4-5,10,12,15H,2-3,6-9,11,13,19H2,1H3,(H,20,24). The molecule has 130 valence electrons. The Hall–Kier alpha value is -1.92. The molecule has 1 aliphatic rings. The summed E-state index contributed by atoms with van der Waals surface area (Å²) in [7, 11) is 0. The molecule has 0 spiro atoms. The van der Waals surface area contributed by atoms with Crippen molar-refractivity contribution in [3.8, 4) is 0 Å². The van der Waals surface area contributed by atoms with E-state index in [0.717, 1.165) is 25.2 Å². The number of nitrogens with zero attached hydrogens (tertiary/aromatic N) is 3. The zero-order valence-corrected chi connectivity index (χ0v) is 14.4. The molecular weight excluding hydrogens is 302 g/mol. The molecule has 3 rings (SSSR count). The van der Waals surface area contributed by atoms with Gasteiger partial charge in [0.15, 0.2) is 0 Å². The monoisotopic (exact) mass is 329 g/mol. The molecule has 3 N–H and O–H groups in total. The van der Waals surface area contributed by atoms with Crippen LogP contribution in [-0.2, 0) is 11.3 Å². The number of fused-ring (bicyclic) bond motifs is 1. The Morgan fingerprint density at radius 1 is 1.46 bits per heavy atom. The van der Waals surface area contributed by atoms with Gasteiger partial charge in [0.2, 0.25) is 5.91 Å². The number of carbonyl (C=O) groups excluding carboxylic acids is 1. The number of rotatable bonds is 6. The van der Waals surface area contributed by atoms with Gasteiger partial charge in [0.1, 0.15) is 5.65 Å². The van der Waals surface area contributed by atoms with Crippen molar-refractivity contribution < 1.29 is 4.79 Å². The van der Waals surface area contributed by atoms with E-state index in [2.05, 4.69) is 44.9 Å². The molecule has 0 radical (unpaired) electrons. The van der Waals surface area contributed by atoms with Crippen molar-refractivity contribution in [2.24, 2.45) is 5.73 Å². The molecule has 1 fully saturated rings. The normalized spacial score (nSPS) is 18.8. The molecule has 1 saturated heterocycles. The van der Waals surface area contributed by atoms with Gasteiger partial charge in [-0.1, -0.05) is 12.5 Å². The van der Waals surface area contributed by atoms with Crippen molar-refractivity contribution in [3.63, 3.8) is 0 Å². The number of amides is 1. The summed E-state index contributed by atoms with van der Waals surface area (Å²) in [5, 5.41) is 3.03. The lowest BCUT2D eigenvalue weighted by atomic mass is 10.0. The highest BCUT2D eigenvalue weighted by atomic mass is 16.1. The number of hydrogen-bond donors (Lipinski definition) is 2. The minimum absolute atomic E-state index is 0.0495. The number of nitrogens with two attached hydrogens (primary N) is 1. The second-order valence-corrected chi connectivity index (χ2v) is 6.60. The SMILES string of the molecule is Cc1cccn2c(CN3CCCCC3CNC(=O)CCN)cnc12. The Labute approximate surface area is 143 Å². The second kappa shape index (κ2) is 7.77. The quantitative estimate of drug-likeness (QED) is 0.841. The summed E-state index contributed by atoms with van der Waals surface area (Å²) in [5.74, 6) is 0.0495. The summed E-state index contributed by atoms with van der Waals surface area (Å²) >= 11 is 0. The van der Waals surface area contributed by atoms with Gasteiger partial charge >= 0.3 is 0 Å². The molecule has 2 aromatic rings. The molecule has 2 aromatic heterocycles. The maximum atomic E-state index is 11.7. The van der Waals surface area contributed by atoms with Crippen molar-refractivity contribution in [1.82, 2.24) is 19.6 Å². The minimum atomic E-state index is 0.0495. The third-order valence-corrected chi connectivity index (χ3v) is 4.83. The van der Waals surface area contributed by atoms with Gasteiger partial charge in [-0.15, -0.1) is 0 Å². The molecule has 6 heteroatoms. The molecule has 1 amide bonds. The van der Waals surface area contributed by atoms with Gasteiger partial charge in [-0.2, -0.15) is 0 Å². The molecule has 0 saturated carbocycles. The molecule has 1 atom stereocenters. The van der Waals surface area contributed by atoms with E-state index in [9.17, 15) is 4.79 Å². The molecule has 1 unspecified atom stereocenters. The first-order valence-electron chi connectivity index (χ1n) is 8.81. The Kier molecular flexibility index (Phi) is 5.48. The van der Waals surface area contributed by atoms with Crippen LogP contribution < -0.4 is 11.1 Å². The van der Waals surface area contributed by atoms with Gasteiger partial charge in [0, 0.05) is 38.3 Å². The summed E-state index contributed by atoms with van der Waals surface area (Å²) in [4.78, 5) is 18.7. The Bertz CT molecular complexity index is 696. The lowest BCUT2D eigenvalue weighted by Gasteiger charge is -2.35. The molecule has 6 nitrogen and oxygen atoms in total. The van der Waals surface area contributed by atoms with Gasteiger partial charge in [-0.3, -0.25) is 9.69 Å². The van der Waals surface area contributed by atoms with Crippen molar-refractivity contribution in [3.05, 3.63) is 35.8 Å². The molecular formula is C18H27N5O. The van der Waals surface area contributed by atoms with Gasteiger partial charge in [0.25, 0.3) is 0 Å². The van der Waals surface area contributed by atoms with E-state index < -0.39 is 0 Å². The number of pyridine rings is 1. The largest absolute Gasteiger partial charge is 0.354 e. The topological polar surface area (TPSA) is 75.7 Å². The van der Waals surface area contributed by atoms with Crippen LogP contribution in [-0.4, -0.2) is 45.9 Å². The Balaban J connectivity index is 1.69. The molecule has 3 heterocycles. The number of hydrogen-bond acceptors (Lipinski definition) is 4. The Morgan fingerprint density at radius 2 is 2.33 bits per heavy atom. The number of aryl methyl sites for hydroxylation is 1. The van der Waals surface area contributed by atoms with Gasteiger partial charge in [0.05, 0.1) is 11.9 Å². The summed E-state index contributed by atoms with van der Waals surface area (Å²) in [6.07, 6.45) is 8.01. The fraction of sp³-hybridized carbons (Fsp3) is 0.556. The summed E-state index contributed by atoms with van der Waals surface area (Å²) in [6.45, 7) is 5.12. The van der Waals surface area contributed by atoms with Crippen LogP contribution in [0.1, 0.15) is 36.9 Å². The van der Waals surface area contributed by atoms with E-state index in [1.807, 2.05) is 6.20 Å². The van der Waals surface area contributed by atoms with Crippen LogP contribution in [0.15, 0.2) is 24.5 Å². The fourth-order valence-electron chi connectivity index (χ4n) is 3.48. The highest BCUT2D eigenvalue weighted by Gasteiger charge is 2.23. The number of nitrogens with one attached hydrogen (secondary N) is 1. The molecule has 0 aliphatic carbocycles. The molecule has 0 bridgehead atoms. The van der Waals surface area contributed by atoms with Crippen molar-refractivity contribution in [2.75, 3.05) is 19.6 Å². The van der Waals surface area contributed by atoms with Crippen LogP contribution in [0.25, 0.3) is 5.65 Å². The van der Waals surface area contributed by atoms with Crippen LogP contribution in [0, 0.1) is 6.92 Å². The minimum Gasteiger partial charge on any atom is -0.354 e. The van der Waals surface area contributed by atoms with Gasteiger partial charge in [-0.05, 0) is 37.9 Å². The second-order valence-electron chi connectivity index (χ2n) is 6.60. The summed E-state index contributed by atoms with van der Waals surface area (Å²) in [5.41, 5.74) is 8.86. The highest BCUT2D eigenvalue weighted by Crippen LogP contribution is 2.20. The van der Waals surface area contributed by atoms with E-state index in [4.69, 9.17) is 5.73 Å². The predicted octanol–water partition coefficient (Wildman–Crippen LogP) is 1.46. The highest BCUT2D eigenvalue weighted by molar-refractivity contribution is 5.76. The summed E-state index contributed by atoms with van der Waals surface area (Å²) < 4.78 is 2.17. The van der Waals surface area contributed by atoms with E-state index in [0.29, 0.717) is 25.6 Å². The van der Waals surface area contributed by atoms with Gasteiger partial charge < -0.3 is 15.5 Å². The van der Waals surface area contributed by atoms with E-state index in [1.165, 1.54) is 24.1 Å². The zero-order chi connectivity index (χ0) is 16.9. The third-order valence-electron chi connectivity index (χ3n) is 4.83. The smallest absolute Gasteiger partial charge is 0.221 e. The van der Waals surface area contributed by atoms with Crippen LogP contribution in [0.2, 0.25) is 0 Å². The van der Waals surface area contributed by atoms with E-state index in [1.54, 1.807) is 0 Å². The average Bonchev–Trinajstić information content (AvgIpc) is 2.99. The van der Waals surface area contributed by atoms with Crippen LogP contribution in [0.3, 0.4) is 0 Å². The van der Waals surface area contributed by atoms with Crippen molar-refractivity contribution in [2.45, 2.75) is 45.2 Å². The van der Waals surface area contributed by atoms with Crippen molar-refractivity contribution >= 4 is 11.6 Å². The third kappa shape index (κ3) is 3.76. The average molecular weight is 329 g/mol. The number of carbonyl (C=O) groups is 1. The van der Waals surface area contributed by atoms with Gasteiger partial charge in [-0.25, -0.2) is 4.98 Å². The molecule has 1 aliphatic heterocycles.